The smallest absolute Gasteiger partial charge is 0.339 e. The molecule has 0 saturated carbocycles. The van der Waals surface area contributed by atoms with E-state index in [1.165, 1.54) is 31.3 Å². The van der Waals surface area contributed by atoms with Crippen LogP contribution < -0.4 is 4.31 Å². The van der Waals surface area contributed by atoms with Gasteiger partial charge in [-0.15, -0.1) is 0 Å². The number of nitrogens with zero attached hydrogens (tertiary/aromatic N) is 2. The van der Waals surface area contributed by atoms with Gasteiger partial charge >= 0.3 is 5.97 Å². The maximum Gasteiger partial charge on any atom is 0.339 e. The summed E-state index contributed by atoms with van der Waals surface area (Å²) in [5.41, 5.74) is 0.193. The van der Waals surface area contributed by atoms with Crippen LogP contribution in [-0.2, 0) is 14.8 Å². The van der Waals surface area contributed by atoms with E-state index in [0.29, 0.717) is 0 Å². The van der Waals surface area contributed by atoms with Crippen LogP contribution in [0.15, 0.2) is 47.4 Å². The summed E-state index contributed by atoms with van der Waals surface area (Å²) in [6.45, 7) is 0. The van der Waals surface area contributed by atoms with Crippen LogP contribution in [-0.4, -0.2) is 28.5 Å². The molecule has 0 aliphatic carbocycles. The Morgan fingerprint density at radius 3 is 2.58 bits per heavy atom. The lowest BCUT2D eigenvalue weighted by Gasteiger charge is -2.21. The first kappa shape index (κ1) is 17.4. The molecule has 124 valence electrons. The topological polar surface area (TPSA) is 87.5 Å². The van der Waals surface area contributed by atoms with Gasteiger partial charge in [0.15, 0.2) is 0 Å². The number of carbonyl (C=O) groups excluding carboxylic acids is 1. The van der Waals surface area contributed by atoms with Gasteiger partial charge in [0.05, 0.1) is 30.0 Å². The molecule has 0 radical (unpaired) electrons. The quantitative estimate of drug-likeness (QED) is 0.791. The zero-order valence-electron chi connectivity index (χ0n) is 12.9. The van der Waals surface area contributed by atoms with Crippen molar-refractivity contribution in [1.82, 2.24) is 0 Å². The minimum Gasteiger partial charge on any atom is -0.465 e. The van der Waals surface area contributed by atoms with Crippen molar-refractivity contribution in [2.75, 3.05) is 18.5 Å². The van der Waals surface area contributed by atoms with Gasteiger partial charge in [-0.25, -0.2) is 17.6 Å². The summed E-state index contributed by atoms with van der Waals surface area (Å²) < 4.78 is 44.6. The first-order valence-electron chi connectivity index (χ1n) is 6.68. The third-order valence-corrected chi connectivity index (χ3v) is 5.15. The molecule has 6 nitrogen and oxygen atoms in total. The third kappa shape index (κ3) is 3.21. The highest BCUT2D eigenvalue weighted by atomic mass is 32.2. The second-order valence-corrected chi connectivity index (χ2v) is 6.70. The van der Waals surface area contributed by atoms with Gasteiger partial charge in [-0.05, 0) is 36.4 Å². The van der Waals surface area contributed by atoms with Crippen LogP contribution in [0.5, 0.6) is 0 Å². The minimum absolute atomic E-state index is 0.203. The lowest BCUT2D eigenvalue weighted by atomic mass is 10.2. The Bertz CT molecular complexity index is 935. The number of carbonyl (C=O) groups is 1. The molecular weight excluding hydrogens is 335 g/mol. The van der Waals surface area contributed by atoms with Crippen LogP contribution in [0.1, 0.15) is 15.9 Å². The van der Waals surface area contributed by atoms with E-state index >= 15 is 0 Å². The van der Waals surface area contributed by atoms with E-state index in [0.717, 1.165) is 29.6 Å². The standard InChI is InChI=1S/C16H13FN2O4S/c1-19(13-5-3-4-11(8-13)10-18)24(21,22)15-9-12(17)6-7-14(15)16(20)23-2/h3-9H,1-2H3. The van der Waals surface area contributed by atoms with Gasteiger partial charge in [0.25, 0.3) is 10.0 Å². The summed E-state index contributed by atoms with van der Waals surface area (Å²) in [5.74, 6) is -1.70. The van der Waals surface area contributed by atoms with Gasteiger partial charge in [0.2, 0.25) is 0 Å². The normalized spacial score (nSPS) is 10.8. The summed E-state index contributed by atoms with van der Waals surface area (Å²) in [7, 11) is -1.89. The number of esters is 1. The Morgan fingerprint density at radius 2 is 1.96 bits per heavy atom. The zero-order valence-corrected chi connectivity index (χ0v) is 13.7. The van der Waals surface area contributed by atoms with Gasteiger partial charge in [-0.2, -0.15) is 5.26 Å². The SMILES string of the molecule is COC(=O)c1ccc(F)cc1S(=O)(=O)N(C)c1cccc(C#N)c1. The number of anilines is 1. The number of benzene rings is 2. The highest BCUT2D eigenvalue weighted by Gasteiger charge is 2.28. The molecule has 8 heteroatoms. The molecule has 0 N–H and O–H groups in total. The molecule has 0 amide bonds. The number of nitriles is 1. The molecule has 0 saturated heterocycles. The molecule has 2 rings (SSSR count). The average Bonchev–Trinajstić information content (AvgIpc) is 2.60. The van der Waals surface area contributed by atoms with Crippen LogP contribution in [0.3, 0.4) is 0 Å². The fourth-order valence-electron chi connectivity index (χ4n) is 2.05. The van der Waals surface area contributed by atoms with E-state index in [1.807, 2.05) is 6.07 Å². The van der Waals surface area contributed by atoms with Crippen LogP contribution in [0.4, 0.5) is 10.1 Å². The number of hydrogen-bond donors (Lipinski definition) is 0. The molecule has 0 bridgehead atoms. The van der Waals surface area contributed by atoms with Crippen molar-refractivity contribution in [3.05, 3.63) is 59.4 Å². The van der Waals surface area contributed by atoms with Gasteiger partial charge in [-0.3, -0.25) is 4.31 Å². The molecule has 0 spiro atoms. The van der Waals surface area contributed by atoms with Gasteiger partial charge in [0, 0.05) is 7.05 Å². The van der Waals surface area contributed by atoms with Crippen molar-refractivity contribution >= 4 is 21.7 Å². The Kier molecular flexibility index (Phi) is 4.85. The molecule has 2 aromatic carbocycles. The van der Waals surface area contributed by atoms with E-state index in [4.69, 9.17) is 5.26 Å². The fraction of sp³-hybridized carbons (Fsp3) is 0.125. The van der Waals surface area contributed by atoms with Crippen molar-refractivity contribution in [1.29, 1.82) is 5.26 Å². The molecule has 2 aromatic rings. The van der Waals surface area contributed by atoms with Crippen molar-refractivity contribution in [3.8, 4) is 6.07 Å². The third-order valence-electron chi connectivity index (χ3n) is 3.33. The lowest BCUT2D eigenvalue weighted by Crippen LogP contribution is -2.28. The van der Waals surface area contributed by atoms with Crippen LogP contribution in [0.2, 0.25) is 0 Å². The summed E-state index contributed by atoms with van der Waals surface area (Å²) in [6.07, 6.45) is 0. The van der Waals surface area contributed by atoms with Gasteiger partial charge in [0.1, 0.15) is 10.7 Å². The number of hydrogen-bond acceptors (Lipinski definition) is 5. The summed E-state index contributed by atoms with van der Waals surface area (Å²) in [4.78, 5) is 11.3. The highest BCUT2D eigenvalue weighted by molar-refractivity contribution is 7.92. The molecule has 0 aliphatic rings. The van der Waals surface area contributed by atoms with E-state index in [2.05, 4.69) is 4.74 Å². The molecule has 0 unspecified atom stereocenters. The summed E-state index contributed by atoms with van der Waals surface area (Å²) in [6, 6.07) is 10.6. The van der Waals surface area contributed by atoms with Crippen LogP contribution in [0, 0.1) is 17.1 Å². The van der Waals surface area contributed by atoms with Crippen molar-refractivity contribution in [3.63, 3.8) is 0 Å². The van der Waals surface area contributed by atoms with Gasteiger partial charge in [-0.1, -0.05) is 6.07 Å². The Labute approximate surface area is 138 Å². The second-order valence-electron chi connectivity index (χ2n) is 4.77. The minimum atomic E-state index is -4.24. The predicted molar refractivity (Wildman–Crippen MR) is 84.5 cm³/mol. The Balaban J connectivity index is 2.60. The molecular formula is C16H13FN2O4S. The van der Waals surface area contributed by atoms with Crippen molar-refractivity contribution < 1.29 is 22.3 Å². The summed E-state index contributed by atoms with van der Waals surface area (Å²) >= 11 is 0. The molecule has 0 atom stereocenters. The molecule has 0 aliphatic heterocycles. The lowest BCUT2D eigenvalue weighted by molar-refractivity contribution is 0.0596. The predicted octanol–water partition coefficient (Wildman–Crippen LogP) is 2.31. The molecule has 0 fully saturated rings. The van der Waals surface area contributed by atoms with E-state index in [9.17, 15) is 17.6 Å². The number of halogens is 1. The number of ether oxygens (including phenoxy) is 1. The van der Waals surface area contributed by atoms with Crippen molar-refractivity contribution in [2.45, 2.75) is 4.90 Å². The molecule has 0 heterocycles. The monoisotopic (exact) mass is 348 g/mol. The zero-order chi connectivity index (χ0) is 17.9. The Morgan fingerprint density at radius 1 is 1.25 bits per heavy atom. The maximum absolute atomic E-state index is 13.6. The molecule has 0 aromatic heterocycles. The van der Waals surface area contributed by atoms with E-state index in [1.54, 1.807) is 0 Å². The number of sulfonamides is 1. The average molecular weight is 348 g/mol. The van der Waals surface area contributed by atoms with E-state index < -0.39 is 26.7 Å². The fourth-order valence-corrected chi connectivity index (χ4v) is 3.42. The highest BCUT2D eigenvalue weighted by Crippen LogP contribution is 2.26. The first-order chi connectivity index (χ1) is 11.3. The maximum atomic E-state index is 13.6. The number of rotatable bonds is 4. The van der Waals surface area contributed by atoms with Gasteiger partial charge < -0.3 is 4.74 Å². The van der Waals surface area contributed by atoms with Crippen molar-refractivity contribution in [2.24, 2.45) is 0 Å². The largest absolute Gasteiger partial charge is 0.465 e. The number of methoxy groups -OCH3 is 1. The molecule has 24 heavy (non-hydrogen) atoms. The van der Waals surface area contributed by atoms with Crippen LogP contribution >= 0.6 is 0 Å². The Hall–Kier alpha value is -2.92. The second kappa shape index (κ2) is 6.68. The first-order valence-corrected chi connectivity index (χ1v) is 8.12. The van der Waals surface area contributed by atoms with Crippen LogP contribution in [0.25, 0.3) is 0 Å². The van der Waals surface area contributed by atoms with E-state index in [-0.39, 0.29) is 16.8 Å². The summed E-state index contributed by atoms with van der Waals surface area (Å²) in [5, 5.41) is 8.92.